The molecule has 2 heterocycles. The molecule has 30 heavy (non-hydrogen) atoms. The van der Waals surface area contributed by atoms with E-state index in [4.69, 9.17) is 5.11 Å². The number of aliphatic hydroxyl groups excluding tert-OH is 1. The van der Waals surface area contributed by atoms with Crippen molar-refractivity contribution in [3.63, 3.8) is 0 Å². The third kappa shape index (κ3) is 4.34. The molecule has 0 atom stereocenters. The second-order valence-electron chi connectivity index (χ2n) is 7.50. The molecule has 1 aliphatic carbocycles. The zero-order valence-electron chi connectivity index (χ0n) is 16.8. The minimum atomic E-state index is -0.526. The number of hydrogen-bond acceptors (Lipinski definition) is 6. The van der Waals surface area contributed by atoms with E-state index in [-0.39, 0.29) is 24.1 Å². The Morgan fingerprint density at radius 1 is 1.23 bits per heavy atom. The highest BCUT2D eigenvalue weighted by molar-refractivity contribution is 7.09. The van der Waals surface area contributed by atoms with E-state index in [2.05, 4.69) is 20.0 Å². The van der Waals surface area contributed by atoms with Crippen molar-refractivity contribution in [2.24, 2.45) is 0 Å². The quantitative estimate of drug-likeness (QED) is 0.533. The maximum absolute atomic E-state index is 14.5. The summed E-state index contributed by atoms with van der Waals surface area (Å²) in [5.74, 6) is -0.270. The molecule has 6 nitrogen and oxygen atoms in total. The van der Waals surface area contributed by atoms with Gasteiger partial charge in [0.05, 0.1) is 22.7 Å². The van der Waals surface area contributed by atoms with E-state index >= 15 is 0 Å². The minimum absolute atomic E-state index is 0.0128. The lowest BCUT2D eigenvalue weighted by Crippen LogP contribution is -2.26. The molecule has 0 saturated heterocycles. The fourth-order valence-electron chi connectivity index (χ4n) is 3.25. The summed E-state index contributed by atoms with van der Waals surface area (Å²) in [4.78, 5) is 17.9. The van der Waals surface area contributed by atoms with Crippen molar-refractivity contribution >= 4 is 23.3 Å². The van der Waals surface area contributed by atoms with Crippen molar-refractivity contribution in [3.05, 3.63) is 53.1 Å². The van der Waals surface area contributed by atoms with Gasteiger partial charge in [0.1, 0.15) is 11.6 Å². The molecule has 1 aliphatic rings. The summed E-state index contributed by atoms with van der Waals surface area (Å²) in [5.41, 5.74) is 4.05. The van der Waals surface area contributed by atoms with Gasteiger partial charge in [0.25, 0.3) is 5.91 Å². The first-order chi connectivity index (χ1) is 14.5. The molecule has 0 unspecified atom stereocenters. The van der Waals surface area contributed by atoms with Crippen molar-refractivity contribution in [1.29, 1.82) is 0 Å². The molecule has 0 spiro atoms. The fraction of sp³-hybridized carbons (Fsp3) is 0.318. The molecule has 3 aromatic rings. The van der Waals surface area contributed by atoms with Gasteiger partial charge >= 0.3 is 0 Å². The number of aliphatic hydroxyl groups is 1. The van der Waals surface area contributed by atoms with Gasteiger partial charge in [-0.25, -0.2) is 9.37 Å². The van der Waals surface area contributed by atoms with Crippen LogP contribution in [-0.2, 0) is 0 Å². The van der Waals surface area contributed by atoms with E-state index < -0.39 is 5.82 Å². The summed E-state index contributed by atoms with van der Waals surface area (Å²) >= 11 is 1.37. The number of anilines is 1. The second kappa shape index (κ2) is 8.49. The number of aryl methyl sites for hydroxylation is 2. The van der Waals surface area contributed by atoms with Crippen LogP contribution in [0.15, 0.2) is 30.5 Å². The number of carbonyl (C=O) groups is 1. The first kappa shape index (κ1) is 20.4. The SMILES string of the molecule is Cc1cc(-c2cc(-c3cc(C(=O)NC4CC4)c(F)cc3C)cnc2NCCO)sn1. The Kier molecular flexibility index (Phi) is 5.78. The number of nitrogens with zero attached hydrogens (tertiary/aromatic N) is 2. The third-order valence-corrected chi connectivity index (χ3v) is 5.88. The van der Waals surface area contributed by atoms with Crippen LogP contribution in [0.5, 0.6) is 0 Å². The van der Waals surface area contributed by atoms with Gasteiger partial charge in [0.15, 0.2) is 0 Å². The van der Waals surface area contributed by atoms with Crippen LogP contribution in [0.1, 0.15) is 34.5 Å². The maximum atomic E-state index is 14.5. The lowest BCUT2D eigenvalue weighted by molar-refractivity contribution is 0.0947. The fourth-order valence-corrected chi connectivity index (χ4v) is 4.03. The molecular weight excluding hydrogens is 403 g/mol. The van der Waals surface area contributed by atoms with Gasteiger partial charge < -0.3 is 15.7 Å². The van der Waals surface area contributed by atoms with E-state index in [1.807, 2.05) is 26.0 Å². The van der Waals surface area contributed by atoms with E-state index in [0.717, 1.165) is 45.7 Å². The zero-order valence-corrected chi connectivity index (χ0v) is 17.6. The molecule has 4 rings (SSSR count). The Hall–Kier alpha value is -2.84. The largest absolute Gasteiger partial charge is 0.395 e. The number of rotatable bonds is 7. The molecule has 1 saturated carbocycles. The van der Waals surface area contributed by atoms with Gasteiger partial charge in [-0.2, -0.15) is 4.37 Å². The van der Waals surface area contributed by atoms with Crippen molar-refractivity contribution in [2.45, 2.75) is 32.7 Å². The van der Waals surface area contributed by atoms with Crippen LogP contribution in [0.25, 0.3) is 21.6 Å². The van der Waals surface area contributed by atoms with Crippen molar-refractivity contribution in [3.8, 4) is 21.6 Å². The summed E-state index contributed by atoms with van der Waals surface area (Å²) in [7, 11) is 0. The first-order valence-electron chi connectivity index (χ1n) is 9.86. The van der Waals surface area contributed by atoms with Crippen molar-refractivity contribution in [1.82, 2.24) is 14.7 Å². The van der Waals surface area contributed by atoms with Crippen molar-refractivity contribution < 1.29 is 14.3 Å². The number of aromatic nitrogens is 2. The molecule has 0 radical (unpaired) electrons. The Labute approximate surface area is 178 Å². The number of benzene rings is 1. The van der Waals surface area contributed by atoms with Crippen LogP contribution < -0.4 is 10.6 Å². The van der Waals surface area contributed by atoms with Crippen LogP contribution in [0.4, 0.5) is 10.2 Å². The number of carbonyl (C=O) groups excluding carboxylic acids is 1. The monoisotopic (exact) mass is 426 g/mol. The van der Waals surface area contributed by atoms with Crippen LogP contribution in [-0.4, -0.2) is 39.6 Å². The Morgan fingerprint density at radius 3 is 2.70 bits per heavy atom. The summed E-state index contributed by atoms with van der Waals surface area (Å²) in [6.45, 7) is 4.10. The lowest BCUT2D eigenvalue weighted by Gasteiger charge is -2.14. The number of amides is 1. The molecule has 2 aromatic heterocycles. The molecule has 1 aromatic carbocycles. The van der Waals surface area contributed by atoms with E-state index in [1.54, 1.807) is 12.3 Å². The Balaban J connectivity index is 1.77. The highest BCUT2D eigenvalue weighted by Gasteiger charge is 2.25. The number of pyridine rings is 1. The van der Waals surface area contributed by atoms with Crippen LogP contribution in [0, 0.1) is 19.7 Å². The topological polar surface area (TPSA) is 87.1 Å². The number of nitrogens with one attached hydrogen (secondary N) is 2. The van der Waals surface area contributed by atoms with Gasteiger partial charge in [0.2, 0.25) is 0 Å². The molecule has 8 heteroatoms. The van der Waals surface area contributed by atoms with E-state index in [1.165, 1.54) is 17.6 Å². The van der Waals surface area contributed by atoms with E-state index in [0.29, 0.717) is 12.4 Å². The van der Waals surface area contributed by atoms with Gasteiger partial charge in [-0.15, -0.1) is 0 Å². The first-order valence-corrected chi connectivity index (χ1v) is 10.6. The molecule has 0 bridgehead atoms. The minimum Gasteiger partial charge on any atom is -0.395 e. The van der Waals surface area contributed by atoms with Crippen LogP contribution in [0.3, 0.4) is 0 Å². The molecular formula is C22H23FN4O2S. The number of hydrogen-bond donors (Lipinski definition) is 3. The zero-order chi connectivity index (χ0) is 21.3. The molecule has 1 amide bonds. The summed E-state index contributed by atoms with van der Waals surface area (Å²) < 4.78 is 18.9. The average molecular weight is 427 g/mol. The van der Waals surface area contributed by atoms with Gasteiger partial charge in [-0.05, 0) is 73.6 Å². The molecule has 1 fully saturated rings. The molecule has 3 N–H and O–H groups in total. The van der Waals surface area contributed by atoms with Gasteiger partial charge in [0, 0.05) is 29.9 Å². The highest BCUT2D eigenvalue weighted by atomic mass is 32.1. The number of halogens is 1. The smallest absolute Gasteiger partial charge is 0.254 e. The average Bonchev–Trinajstić information content (AvgIpc) is 3.43. The van der Waals surface area contributed by atoms with Gasteiger partial charge in [-0.3, -0.25) is 4.79 Å². The summed E-state index contributed by atoms with van der Waals surface area (Å²) in [6.07, 6.45) is 3.58. The van der Waals surface area contributed by atoms with Crippen LogP contribution >= 0.6 is 11.5 Å². The highest BCUT2D eigenvalue weighted by Crippen LogP contribution is 2.35. The van der Waals surface area contributed by atoms with Crippen LogP contribution in [0.2, 0.25) is 0 Å². The summed E-state index contributed by atoms with van der Waals surface area (Å²) in [5, 5.41) is 15.1. The predicted molar refractivity (Wildman–Crippen MR) is 116 cm³/mol. The standard InChI is InChI=1S/C22H23FN4O2S/c1-12-7-19(23)17(22(29)26-15-3-4-15)10-16(12)14-9-18(20-8-13(2)27-30-20)21(25-11-14)24-5-6-28/h7-11,15,28H,3-6H2,1-2H3,(H,24,25)(H,26,29). The predicted octanol–water partition coefficient (Wildman–Crippen LogP) is 3.92. The van der Waals surface area contributed by atoms with E-state index in [9.17, 15) is 9.18 Å². The third-order valence-electron chi connectivity index (χ3n) is 4.97. The second-order valence-corrected chi connectivity index (χ2v) is 8.30. The Bertz CT molecular complexity index is 1090. The van der Waals surface area contributed by atoms with Gasteiger partial charge in [-0.1, -0.05) is 0 Å². The summed E-state index contributed by atoms with van der Waals surface area (Å²) in [6, 6.07) is 7.08. The maximum Gasteiger partial charge on any atom is 0.254 e. The van der Waals surface area contributed by atoms with Crippen molar-refractivity contribution in [2.75, 3.05) is 18.5 Å². The normalized spacial score (nSPS) is 13.3. The molecule has 0 aliphatic heterocycles. The lowest BCUT2D eigenvalue weighted by atomic mass is 9.97. The Morgan fingerprint density at radius 2 is 2.03 bits per heavy atom. The molecule has 156 valence electrons.